The van der Waals surface area contributed by atoms with Crippen LogP contribution in [0, 0.1) is 5.82 Å². The first kappa shape index (κ1) is 13.6. The molecule has 2 rings (SSSR count). The second kappa shape index (κ2) is 5.89. The number of hydrogen-bond acceptors (Lipinski definition) is 3. The van der Waals surface area contributed by atoms with Crippen LogP contribution in [0.15, 0.2) is 41.0 Å². The Morgan fingerprint density at radius 3 is 2.74 bits per heavy atom. The van der Waals surface area contributed by atoms with Crippen molar-refractivity contribution in [2.75, 3.05) is 11.9 Å². The number of rotatable bonds is 5. The van der Waals surface area contributed by atoms with Gasteiger partial charge in [-0.3, -0.25) is 0 Å². The van der Waals surface area contributed by atoms with E-state index in [1.807, 2.05) is 37.1 Å². The van der Waals surface area contributed by atoms with E-state index in [0.717, 1.165) is 11.4 Å². The van der Waals surface area contributed by atoms with E-state index in [2.05, 4.69) is 0 Å². The zero-order valence-corrected chi connectivity index (χ0v) is 11.3. The van der Waals surface area contributed by atoms with Gasteiger partial charge in [0.1, 0.15) is 11.6 Å². The molecule has 0 amide bonds. The Hall–Kier alpha value is -1.81. The summed E-state index contributed by atoms with van der Waals surface area (Å²) in [5.41, 5.74) is 7.31. The molecule has 2 aromatic rings. The summed E-state index contributed by atoms with van der Waals surface area (Å²) < 4.78 is 19.3. The highest BCUT2D eigenvalue weighted by atomic mass is 19.1. The van der Waals surface area contributed by atoms with Crippen LogP contribution in [-0.2, 0) is 13.0 Å². The molecule has 3 nitrogen and oxygen atoms in total. The lowest BCUT2D eigenvalue weighted by Gasteiger charge is -2.22. The molecule has 0 saturated carbocycles. The van der Waals surface area contributed by atoms with Gasteiger partial charge in [-0.25, -0.2) is 4.39 Å². The molecule has 19 heavy (non-hydrogen) atoms. The fourth-order valence-corrected chi connectivity index (χ4v) is 2.15. The molecule has 102 valence electrons. The molecular formula is C15H19FN2O. The number of hydrogen-bond donors (Lipinski definition) is 1. The highest BCUT2D eigenvalue weighted by Crippen LogP contribution is 2.25. The van der Waals surface area contributed by atoms with Gasteiger partial charge in [0.05, 0.1) is 12.8 Å². The van der Waals surface area contributed by atoms with Crippen molar-refractivity contribution in [3.8, 4) is 0 Å². The normalized spacial score (nSPS) is 12.4. The van der Waals surface area contributed by atoms with Crippen LogP contribution in [0.3, 0.4) is 0 Å². The maximum Gasteiger partial charge on any atom is 0.128 e. The minimum absolute atomic E-state index is 0.0762. The molecule has 1 heterocycles. The molecule has 1 atom stereocenters. The Bertz CT molecular complexity index is 523. The fraction of sp³-hybridized carbons (Fsp3) is 0.333. The van der Waals surface area contributed by atoms with Gasteiger partial charge >= 0.3 is 0 Å². The minimum Gasteiger partial charge on any atom is -0.467 e. The summed E-state index contributed by atoms with van der Waals surface area (Å²) in [6.07, 6.45) is 2.15. The highest BCUT2D eigenvalue weighted by Gasteiger charge is 2.14. The second-order valence-corrected chi connectivity index (χ2v) is 4.85. The van der Waals surface area contributed by atoms with Crippen LogP contribution in [0.5, 0.6) is 0 Å². The zero-order chi connectivity index (χ0) is 13.8. The molecule has 1 aromatic carbocycles. The monoisotopic (exact) mass is 262 g/mol. The van der Waals surface area contributed by atoms with Crippen molar-refractivity contribution in [1.29, 1.82) is 0 Å². The number of furan rings is 1. The van der Waals surface area contributed by atoms with Crippen molar-refractivity contribution in [3.05, 3.63) is 53.7 Å². The predicted octanol–water partition coefficient (Wildman–Crippen LogP) is 2.94. The number of anilines is 1. The van der Waals surface area contributed by atoms with Gasteiger partial charge in [-0.05, 0) is 37.6 Å². The average Bonchev–Trinajstić information content (AvgIpc) is 2.84. The van der Waals surface area contributed by atoms with Crippen LogP contribution in [0.1, 0.15) is 18.2 Å². The third kappa shape index (κ3) is 3.35. The van der Waals surface area contributed by atoms with Crippen molar-refractivity contribution in [1.82, 2.24) is 0 Å². The molecule has 0 fully saturated rings. The van der Waals surface area contributed by atoms with E-state index in [1.165, 1.54) is 6.07 Å². The van der Waals surface area contributed by atoms with Crippen LogP contribution in [0.2, 0.25) is 0 Å². The maximum absolute atomic E-state index is 13.9. The molecule has 0 aliphatic carbocycles. The van der Waals surface area contributed by atoms with Gasteiger partial charge < -0.3 is 15.1 Å². The molecule has 0 spiro atoms. The van der Waals surface area contributed by atoms with E-state index in [0.29, 0.717) is 18.5 Å². The van der Waals surface area contributed by atoms with Crippen molar-refractivity contribution >= 4 is 5.69 Å². The zero-order valence-electron chi connectivity index (χ0n) is 11.3. The SMILES string of the molecule is CC(N)Cc1c(F)cccc1N(C)Cc1ccco1. The molecule has 0 saturated heterocycles. The van der Waals surface area contributed by atoms with Crippen molar-refractivity contribution in [2.24, 2.45) is 5.73 Å². The third-order valence-electron chi connectivity index (χ3n) is 3.00. The average molecular weight is 262 g/mol. The van der Waals surface area contributed by atoms with E-state index < -0.39 is 0 Å². The Balaban J connectivity index is 2.25. The quantitative estimate of drug-likeness (QED) is 0.900. The van der Waals surface area contributed by atoms with Crippen molar-refractivity contribution in [3.63, 3.8) is 0 Å². The first-order valence-corrected chi connectivity index (χ1v) is 6.34. The Kier molecular flexibility index (Phi) is 4.22. The Labute approximate surface area is 112 Å². The number of benzene rings is 1. The Morgan fingerprint density at radius 2 is 2.11 bits per heavy atom. The lowest BCUT2D eigenvalue weighted by molar-refractivity contribution is 0.506. The smallest absolute Gasteiger partial charge is 0.128 e. The van der Waals surface area contributed by atoms with Crippen LogP contribution in [0.25, 0.3) is 0 Å². The molecule has 4 heteroatoms. The topological polar surface area (TPSA) is 42.4 Å². The lowest BCUT2D eigenvalue weighted by atomic mass is 10.0. The predicted molar refractivity (Wildman–Crippen MR) is 74.6 cm³/mol. The van der Waals surface area contributed by atoms with Gasteiger partial charge in [0.15, 0.2) is 0 Å². The van der Waals surface area contributed by atoms with Crippen LogP contribution >= 0.6 is 0 Å². The number of halogens is 1. The summed E-state index contributed by atoms with van der Waals surface area (Å²) in [7, 11) is 1.92. The van der Waals surface area contributed by atoms with Gasteiger partial charge in [-0.15, -0.1) is 0 Å². The van der Waals surface area contributed by atoms with Crippen molar-refractivity contribution in [2.45, 2.75) is 25.9 Å². The first-order valence-electron chi connectivity index (χ1n) is 6.34. The molecule has 2 N–H and O–H groups in total. The molecule has 0 aliphatic rings. The molecule has 1 unspecified atom stereocenters. The second-order valence-electron chi connectivity index (χ2n) is 4.85. The largest absolute Gasteiger partial charge is 0.467 e. The standard InChI is InChI=1S/C15H19FN2O/c1-11(17)9-13-14(16)6-3-7-15(13)18(2)10-12-5-4-8-19-12/h3-8,11H,9-10,17H2,1-2H3. The van der Waals surface area contributed by atoms with Crippen LogP contribution in [-0.4, -0.2) is 13.1 Å². The van der Waals surface area contributed by atoms with Gasteiger partial charge in [0, 0.05) is 24.3 Å². The van der Waals surface area contributed by atoms with E-state index in [9.17, 15) is 4.39 Å². The van der Waals surface area contributed by atoms with Crippen molar-refractivity contribution < 1.29 is 8.81 Å². The lowest BCUT2D eigenvalue weighted by Crippen LogP contribution is -2.23. The minimum atomic E-state index is -0.207. The summed E-state index contributed by atoms with van der Waals surface area (Å²) in [6, 6.07) is 8.77. The highest BCUT2D eigenvalue weighted by molar-refractivity contribution is 5.54. The van der Waals surface area contributed by atoms with E-state index in [4.69, 9.17) is 10.2 Å². The molecular weight excluding hydrogens is 243 g/mol. The van der Waals surface area contributed by atoms with E-state index >= 15 is 0 Å². The van der Waals surface area contributed by atoms with Gasteiger partial charge in [-0.1, -0.05) is 6.07 Å². The molecule has 1 aromatic heterocycles. The summed E-state index contributed by atoms with van der Waals surface area (Å²) in [5.74, 6) is 0.639. The number of nitrogens with zero attached hydrogens (tertiary/aromatic N) is 1. The number of nitrogens with two attached hydrogens (primary N) is 1. The van der Waals surface area contributed by atoms with Crippen LogP contribution in [0.4, 0.5) is 10.1 Å². The molecule has 0 bridgehead atoms. The first-order chi connectivity index (χ1) is 9.08. The fourth-order valence-electron chi connectivity index (χ4n) is 2.15. The van der Waals surface area contributed by atoms with Crippen LogP contribution < -0.4 is 10.6 Å². The third-order valence-corrected chi connectivity index (χ3v) is 3.00. The summed E-state index contributed by atoms with van der Waals surface area (Å²) >= 11 is 0. The van der Waals surface area contributed by atoms with Gasteiger partial charge in [0.25, 0.3) is 0 Å². The summed E-state index contributed by atoms with van der Waals surface area (Å²) in [5, 5.41) is 0. The van der Waals surface area contributed by atoms with Gasteiger partial charge in [0.2, 0.25) is 0 Å². The maximum atomic E-state index is 13.9. The molecule has 0 aliphatic heterocycles. The summed E-state index contributed by atoms with van der Waals surface area (Å²) in [4.78, 5) is 1.97. The Morgan fingerprint density at radius 1 is 1.32 bits per heavy atom. The van der Waals surface area contributed by atoms with E-state index in [-0.39, 0.29) is 11.9 Å². The van der Waals surface area contributed by atoms with Gasteiger partial charge in [-0.2, -0.15) is 0 Å². The summed E-state index contributed by atoms with van der Waals surface area (Å²) in [6.45, 7) is 2.48. The molecule has 0 radical (unpaired) electrons. The van der Waals surface area contributed by atoms with E-state index in [1.54, 1.807) is 12.3 Å².